The molecule has 6 nitrogen and oxygen atoms in total. The average molecular weight is 395 g/mol. The van der Waals surface area contributed by atoms with Crippen molar-refractivity contribution in [1.29, 1.82) is 0 Å². The second-order valence-corrected chi connectivity index (χ2v) is 8.06. The molecule has 0 spiro atoms. The summed E-state index contributed by atoms with van der Waals surface area (Å²) in [5.74, 6) is 2.01. The number of furan rings is 1. The number of anilines is 2. The van der Waals surface area contributed by atoms with Crippen LogP contribution in [0.1, 0.15) is 35.2 Å². The molecule has 7 heteroatoms. The molecule has 2 heterocycles. The third kappa shape index (κ3) is 3.84. The Morgan fingerprint density at radius 2 is 1.89 bits per heavy atom. The summed E-state index contributed by atoms with van der Waals surface area (Å²) in [4.78, 5) is 28.9. The standard InChI is InChI=1S/C21H21N3O3S/c1-11-8-16(11)20(26)22-15-6-4-14(5-7-15)19(25)24-21-23-18(10-28-21)17-9-12(2)27-13(17)3/h4-7,9-11,16H,8H2,1-3H3,(H,22,26)(H,23,24,25). The Hall–Kier alpha value is -2.93. The molecule has 0 radical (unpaired) electrons. The summed E-state index contributed by atoms with van der Waals surface area (Å²) in [5, 5.41) is 8.13. The SMILES string of the molecule is Cc1cc(-c2csc(NC(=O)c3ccc(NC(=O)C4CC4C)cc3)n2)c(C)o1. The van der Waals surface area contributed by atoms with E-state index in [1.807, 2.05) is 25.3 Å². The Morgan fingerprint density at radius 1 is 1.18 bits per heavy atom. The fraction of sp³-hybridized carbons (Fsp3) is 0.286. The quantitative estimate of drug-likeness (QED) is 0.646. The maximum atomic E-state index is 12.5. The highest BCUT2D eigenvalue weighted by molar-refractivity contribution is 7.14. The minimum atomic E-state index is -0.241. The minimum absolute atomic E-state index is 0.0461. The lowest BCUT2D eigenvalue weighted by Crippen LogP contribution is -2.15. The van der Waals surface area contributed by atoms with E-state index in [-0.39, 0.29) is 17.7 Å². The van der Waals surface area contributed by atoms with E-state index in [0.29, 0.717) is 22.3 Å². The molecule has 1 saturated carbocycles. The predicted octanol–water partition coefficient (Wildman–Crippen LogP) is 4.87. The lowest BCUT2D eigenvalue weighted by molar-refractivity contribution is -0.117. The first-order valence-corrected chi connectivity index (χ1v) is 10.0. The number of nitrogens with one attached hydrogen (secondary N) is 2. The molecule has 2 aromatic heterocycles. The van der Waals surface area contributed by atoms with E-state index >= 15 is 0 Å². The van der Waals surface area contributed by atoms with E-state index in [1.165, 1.54) is 11.3 Å². The molecule has 3 aromatic rings. The molecular formula is C21H21N3O3S. The van der Waals surface area contributed by atoms with Crippen LogP contribution in [0.3, 0.4) is 0 Å². The van der Waals surface area contributed by atoms with Crippen molar-refractivity contribution in [2.24, 2.45) is 11.8 Å². The van der Waals surface area contributed by atoms with Crippen LogP contribution >= 0.6 is 11.3 Å². The zero-order valence-corrected chi connectivity index (χ0v) is 16.7. The van der Waals surface area contributed by atoms with Crippen LogP contribution in [0.25, 0.3) is 11.3 Å². The first-order chi connectivity index (χ1) is 13.4. The molecule has 1 aliphatic rings. The third-order valence-corrected chi connectivity index (χ3v) is 5.66. The number of carbonyl (C=O) groups is 2. The van der Waals surface area contributed by atoms with Gasteiger partial charge in [-0.15, -0.1) is 11.3 Å². The number of hydrogen-bond donors (Lipinski definition) is 2. The number of hydrogen-bond acceptors (Lipinski definition) is 5. The lowest BCUT2D eigenvalue weighted by atomic mass is 10.2. The van der Waals surface area contributed by atoms with Gasteiger partial charge in [0, 0.05) is 28.1 Å². The Kier molecular flexibility index (Phi) is 4.77. The fourth-order valence-electron chi connectivity index (χ4n) is 3.14. The monoisotopic (exact) mass is 395 g/mol. The van der Waals surface area contributed by atoms with Gasteiger partial charge in [0.15, 0.2) is 5.13 Å². The van der Waals surface area contributed by atoms with Crippen LogP contribution in [0, 0.1) is 25.7 Å². The van der Waals surface area contributed by atoms with Gasteiger partial charge < -0.3 is 9.73 Å². The second kappa shape index (κ2) is 7.24. The normalized spacial score (nSPS) is 18.0. The highest BCUT2D eigenvalue weighted by atomic mass is 32.1. The number of thiazole rings is 1. The van der Waals surface area contributed by atoms with E-state index in [1.54, 1.807) is 24.3 Å². The number of rotatable bonds is 5. The second-order valence-electron chi connectivity index (χ2n) is 7.21. The summed E-state index contributed by atoms with van der Waals surface area (Å²) in [6, 6.07) is 8.81. The third-order valence-electron chi connectivity index (χ3n) is 4.90. The van der Waals surface area contributed by atoms with Crippen LogP contribution in [0.2, 0.25) is 0 Å². The number of carbonyl (C=O) groups excluding carboxylic acids is 2. The smallest absolute Gasteiger partial charge is 0.257 e. The number of benzene rings is 1. The van der Waals surface area contributed by atoms with Gasteiger partial charge in [-0.05, 0) is 56.5 Å². The van der Waals surface area contributed by atoms with Gasteiger partial charge in [-0.1, -0.05) is 6.92 Å². The van der Waals surface area contributed by atoms with Gasteiger partial charge in [0.05, 0.1) is 5.69 Å². The first kappa shape index (κ1) is 18.4. The molecule has 2 N–H and O–H groups in total. The van der Waals surface area contributed by atoms with Gasteiger partial charge in [0.25, 0.3) is 5.91 Å². The fourth-order valence-corrected chi connectivity index (χ4v) is 3.84. The maximum Gasteiger partial charge on any atom is 0.257 e. The predicted molar refractivity (Wildman–Crippen MR) is 110 cm³/mol. The van der Waals surface area contributed by atoms with Crippen molar-refractivity contribution in [2.75, 3.05) is 10.6 Å². The zero-order chi connectivity index (χ0) is 19.8. The molecule has 0 aliphatic heterocycles. The summed E-state index contributed by atoms with van der Waals surface area (Å²) in [7, 11) is 0. The van der Waals surface area contributed by atoms with E-state index in [4.69, 9.17) is 4.42 Å². The van der Waals surface area contributed by atoms with Crippen LogP contribution in [-0.2, 0) is 4.79 Å². The Balaban J connectivity index is 1.40. The largest absolute Gasteiger partial charge is 0.466 e. The Labute approximate surface area is 167 Å². The van der Waals surface area contributed by atoms with Crippen LogP contribution in [0.15, 0.2) is 40.1 Å². The van der Waals surface area contributed by atoms with E-state index in [2.05, 4.69) is 22.5 Å². The highest BCUT2D eigenvalue weighted by Crippen LogP contribution is 2.38. The zero-order valence-electron chi connectivity index (χ0n) is 15.9. The van der Waals surface area contributed by atoms with Gasteiger partial charge >= 0.3 is 0 Å². The maximum absolute atomic E-state index is 12.5. The van der Waals surface area contributed by atoms with Gasteiger partial charge in [-0.2, -0.15) is 0 Å². The lowest BCUT2D eigenvalue weighted by Gasteiger charge is -2.06. The Bertz CT molecular complexity index is 1040. The van der Waals surface area contributed by atoms with Crippen molar-refractivity contribution in [3.8, 4) is 11.3 Å². The molecule has 1 fully saturated rings. The Morgan fingerprint density at radius 3 is 2.50 bits per heavy atom. The van der Waals surface area contributed by atoms with Crippen LogP contribution < -0.4 is 10.6 Å². The average Bonchev–Trinajstić information content (AvgIpc) is 3.06. The summed E-state index contributed by atoms with van der Waals surface area (Å²) in [5.41, 5.74) is 2.91. The van der Waals surface area contributed by atoms with Gasteiger partial charge in [-0.25, -0.2) is 4.98 Å². The molecule has 0 saturated heterocycles. The number of amides is 2. The van der Waals surface area contributed by atoms with Crippen molar-refractivity contribution in [2.45, 2.75) is 27.2 Å². The summed E-state index contributed by atoms with van der Waals surface area (Å²) in [6.45, 7) is 5.85. The number of nitrogens with zero attached hydrogens (tertiary/aromatic N) is 1. The van der Waals surface area contributed by atoms with Crippen molar-refractivity contribution in [1.82, 2.24) is 4.98 Å². The molecular weight excluding hydrogens is 374 g/mol. The van der Waals surface area contributed by atoms with E-state index in [9.17, 15) is 9.59 Å². The van der Waals surface area contributed by atoms with Crippen LogP contribution in [0.4, 0.5) is 10.8 Å². The van der Waals surface area contributed by atoms with E-state index < -0.39 is 0 Å². The van der Waals surface area contributed by atoms with Crippen LogP contribution in [-0.4, -0.2) is 16.8 Å². The molecule has 1 aliphatic carbocycles. The van der Waals surface area contributed by atoms with Crippen molar-refractivity contribution < 1.29 is 14.0 Å². The molecule has 28 heavy (non-hydrogen) atoms. The summed E-state index contributed by atoms with van der Waals surface area (Å²) < 4.78 is 5.54. The number of aryl methyl sites for hydroxylation is 2. The summed E-state index contributed by atoms with van der Waals surface area (Å²) >= 11 is 1.37. The minimum Gasteiger partial charge on any atom is -0.466 e. The van der Waals surface area contributed by atoms with Crippen molar-refractivity contribution >= 4 is 34.0 Å². The summed E-state index contributed by atoms with van der Waals surface area (Å²) in [6.07, 6.45) is 0.944. The van der Waals surface area contributed by atoms with Crippen molar-refractivity contribution in [3.05, 3.63) is 52.8 Å². The van der Waals surface area contributed by atoms with Gasteiger partial charge in [0.2, 0.25) is 5.91 Å². The van der Waals surface area contributed by atoms with Gasteiger partial charge in [0.1, 0.15) is 11.5 Å². The van der Waals surface area contributed by atoms with E-state index in [0.717, 1.165) is 29.2 Å². The van der Waals surface area contributed by atoms with Crippen LogP contribution in [0.5, 0.6) is 0 Å². The highest BCUT2D eigenvalue weighted by Gasteiger charge is 2.39. The van der Waals surface area contributed by atoms with Gasteiger partial charge in [-0.3, -0.25) is 14.9 Å². The molecule has 2 amide bonds. The number of aromatic nitrogens is 1. The first-order valence-electron chi connectivity index (χ1n) is 9.16. The molecule has 2 atom stereocenters. The molecule has 0 bridgehead atoms. The molecule has 1 aromatic carbocycles. The molecule has 4 rings (SSSR count). The molecule has 2 unspecified atom stereocenters. The molecule has 144 valence electrons. The van der Waals surface area contributed by atoms with Crippen molar-refractivity contribution in [3.63, 3.8) is 0 Å². The topological polar surface area (TPSA) is 84.2 Å².